The standard InChI is InChI=1S/C12H25NO3/c1-5-15-11(14)12(4,13)8-6-7-9-16-10(2)3/h10H,5-9,13H2,1-4H3. The highest BCUT2D eigenvalue weighted by atomic mass is 16.5. The van der Waals surface area contributed by atoms with Crippen molar-refractivity contribution in [3.8, 4) is 0 Å². The minimum atomic E-state index is -0.867. The second kappa shape index (κ2) is 7.63. The molecule has 16 heavy (non-hydrogen) atoms. The number of rotatable bonds is 8. The summed E-state index contributed by atoms with van der Waals surface area (Å²) >= 11 is 0. The van der Waals surface area contributed by atoms with Crippen LogP contribution in [0.15, 0.2) is 0 Å². The lowest BCUT2D eigenvalue weighted by Crippen LogP contribution is -2.46. The molecule has 0 saturated heterocycles. The highest BCUT2D eigenvalue weighted by Gasteiger charge is 2.28. The zero-order chi connectivity index (χ0) is 12.6. The molecule has 0 spiro atoms. The number of esters is 1. The average molecular weight is 231 g/mol. The monoisotopic (exact) mass is 231 g/mol. The zero-order valence-electron chi connectivity index (χ0n) is 10.9. The van der Waals surface area contributed by atoms with E-state index in [2.05, 4.69) is 0 Å². The van der Waals surface area contributed by atoms with Gasteiger partial charge in [-0.15, -0.1) is 0 Å². The number of ether oxygens (including phenoxy) is 2. The average Bonchev–Trinajstić information content (AvgIpc) is 2.17. The van der Waals surface area contributed by atoms with Gasteiger partial charge in [0.1, 0.15) is 5.54 Å². The summed E-state index contributed by atoms with van der Waals surface area (Å²) in [7, 11) is 0. The van der Waals surface area contributed by atoms with Gasteiger partial charge in [0, 0.05) is 6.61 Å². The molecule has 0 saturated carbocycles. The molecule has 0 fully saturated rings. The van der Waals surface area contributed by atoms with E-state index in [0.29, 0.717) is 13.0 Å². The van der Waals surface area contributed by atoms with E-state index in [1.54, 1.807) is 13.8 Å². The molecule has 0 aliphatic rings. The molecule has 4 heteroatoms. The summed E-state index contributed by atoms with van der Waals surface area (Å²) in [5.41, 5.74) is 5.01. The van der Waals surface area contributed by atoms with E-state index in [-0.39, 0.29) is 12.1 Å². The van der Waals surface area contributed by atoms with Crippen molar-refractivity contribution in [1.29, 1.82) is 0 Å². The molecule has 2 N–H and O–H groups in total. The highest BCUT2D eigenvalue weighted by molar-refractivity contribution is 5.79. The van der Waals surface area contributed by atoms with Crippen molar-refractivity contribution < 1.29 is 14.3 Å². The topological polar surface area (TPSA) is 61.5 Å². The molecule has 4 nitrogen and oxygen atoms in total. The third-order valence-electron chi connectivity index (χ3n) is 2.28. The quantitative estimate of drug-likeness (QED) is 0.511. The van der Waals surface area contributed by atoms with Crippen molar-refractivity contribution in [3.05, 3.63) is 0 Å². The van der Waals surface area contributed by atoms with E-state index in [0.717, 1.165) is 19.4 Å². The number of nitrogens with two attached hydrogens (primary N) is 1. The molecule has 0 aromatic heterocycles. The van der Waals surface area contributed by atoms with E-state index in [9.17, 15) is 4.79 Å². The SMILES string of the molecule is CCOC(=O)C(C)(N)CCCCOC(C)C. The first kappa shape index (κ1) is 15.4. The fourth-order valence-electron chi connectivity index (χ4n) is 1.31. The van der Waals surface area contributed by atoms with Crippen molar-refractivity contribution in [3.63, 3.8) is 0 Å². The Morgan fingerprint density at radius 1 is 1.38 bits per heavy atom. The van der Waals surface area contributed by atoms with Crippen LogP contribution < -0.4 is 5.73 Å². The molecule has 0 aromatic rings. The van der Waals surface area contributed by atoms with Crippen LogP contribution >= 0.6 is 0 Å². The molecule has 96 valence electrons. The van der Waals surface area contributed by atoms with E-state index >= 15 is 0 Å². The Morgan fingerprint density at radius 3 is 2.50 bits per heavy atom. The van der Waals surface area contributed by atoms with Crippen molar-refractivity contribution in [2.75, 3.05) is 13.2 Å². The number of unbranched alkanes of at least 4 members (excludes halogenated alkanes) is 1. The van der Waals surface area contributed by atoms with Gasteiger partial charge in [-0.25, -0.2) is 0 Å². The minimum Gasteiger partial charge on any atom is -0.465 e. The summed E-state index contributed by atoms with van der Waals surface area (Å²) < 4.78 is 10.3. The zero-order valence-corrected chi connectivity index (χ0v) is 10.9. The lowest BCUT2D eigenvalue weighted by Gasteiger charge is -2.22. The Labute approximate surface area is 98.5 Å². The molecular weight excluding hydrogens is 206 g/mol. The van der Waals surface area contributed by atoms with Crippen LogP contribution in [0.1, 0.15) is 47.0 Å². The van der Waals surface area contributed by atoms with Gasteiger partial charge < -0.3 is 15.2 Å². The van der Waals surface area contributed by atoms with Gasteiger partial charge >= 0.3 is 5.97 Å². The Bertz CT molecular complexity index is 202. The lowest BCUT2D eigenvalue weighted by atomic mass is 9.96. The lowest BCUT2D eigenvalue weighted by molar-refractivity contribution is -0.149. The Kier molecular flexibility index (Phi) is 7.34. The van der Waals surface area contributed by atoms with Crippen LogP contribution in [0.4, 0.5) is 0 Å². The molecule has 0 rings (SSSR count). The fourth-order valence-corrected chi connectivity index (χ4v) is 1.31. The molecule has 0 aliphatic heterocycles. The molecular formula is C12H25NO3. The second-order valence-electron chi connectivity index (χ2n) is 4.51. The first-order valence-corrected chi connectivity index (χ1v) is 5.98. The van der Waals surface area contributed by atoms with Gasteiger partial charge in [-0.2, -0.15) is 0 Å². The van der Waals surface area contributed by atoms with E-state index in [1.807, 2.05) is 13.8 Å². The molecule has 0 aromatic carbocycles. The molecule has 0 radical (unpaired) electrons. The molecule has 1 atom stereocenters. The molecule has 1 unspecified atom stereocenters. The van der Waals surface area contributed by atoms with Gasteiger partial charge in [-0.3, -0.25) is 4.79 Å². The first-order chi connectivity index (χ1) is 7.40. The van der Waals surface area contributed by atoms with Gasteiger partial charge in [0.05, 0.1) is 12.7 Å². The van der Waals surface area contributed by atoms with Crippen molar-refractivity contribution in [2.24, 2.45) is 5.73 Å². The summed E-state index contributed by atoms with van der Waals surface area (Å²) in [5, 5.41) is 0. The Balaban J connectivity index is 3.69. The van der Waals surface area contributed by atoms with Gasteiger partial charge in [-0.05, 0) is 47.0 Å². The number of carbonyl (C=O) groups excluding carboxylic acids is 1. The Morgan fingerprint density at radius 2 is 2.00 bits per heavy atom. The number of hydrogen-bond acceptors (Lipinski definition) is 4. The van der Waals surface area contributed by atoms with Crippen LogP contribution in [0.3, 0.4) is 0 Å². The van der Waals surface area contributed by atoms with Crippen LogP contribution in [0.2, 0.25) is 0 Å². The fraction of sp³-hybridized carbons (Fsp3) is 0.917. The predicted molar refractivity (Wildman–Crippen MR) is 64.2 cm³/mol. The summed E-state index contributed by atoms with van der Waals surface area (Å²) in [6, 6.07) is 0. The van der Waals surface area contributed by atoms with Crippen LogP contribution in [0.5, 0.6) is 0 Å². The molecule has 0 heterocycles. The maximum Gasteiger partial charge on any atom is 0.325 e. The maximum atomic E-state index is 11.5. The second-order valence-corrected chi connectivity index (χ2v) is 4.51. The van der Waals surface area contributed by atoms with Gasteiger partial charge in [0.25, 0.3) is 0 Å². The van der Waals surface area contributed by atoms with Crippen molar-refractivity contribution >= 4 is 5.97 Å². The normalized spacial score (nSPS) is 14.9. The Hall–Kier alpha value is -0.610. The van der Waals surface area contributed by atoms with Gasteiger partial charge in [0.2, 0.25) is 0 Å². The molecule has 0 bridgehead atoms. The third-order valence-corrected chi connectivity index (χ3v) is 2.28. The summed E-state index contributed by atoms with van der Waals surface area (Å²) in [6.45, 7) is 8.61. The largest absolute Gasteiger partial charge is 0.465 e. The summed E-state index contributed by atoms with van der Waals surface area (Å²) in [5.74, 6) is -0.320. The maximum absolute atomic E-state index is 11.5. The number of hydrogen-bond donors (Lipinski definition) is 1. The van der Waals surface area contributed by atoms with Crippen LogP contribution in [0.25, 0.3) is 0 Å². The van der Waals surface area contributed by atoms with Crippen LogP contribution in [-0.4, -0.2) is 30.8 Å². The minimum absolute atomic E-state index is 0.259. The van der Waals surface area contributed by atoms with E-state index < -0.39 is 5.54 Å². The van der Waals surface area contributed by atoms with E-state index in [1.165, 1.54) is 0 Å². The van der Waals surface area contributed by atoms with Crippen molar-refractivity contribution in [2.45, 2.75) is 58.6 Å². The first-order valence-electron chi connectivity index (χ1n) is 5.98. The van der Waals surface area contributed by atoms with Crippen LogP contribution in [0, 0.1) is 0 Å². The summed E-state index contributed by atoms with van der Waals surface area (Å²) in [6.07, 6.45) is 2.69. The number of carbonyl (C=O) groups is 1. The smallest absolute Gasteiger partial charge is 0.325 e. The van der Waals surface area contributed by atoms with Gasteiger partial charge in [-0.1, -0.05) is 0 Å². The summed E-state index contributed by atoms with van der Waals surface area (Å²) in [4.78, 5) is 11.5. The predicted octanol–water partition coefficient (Wildman–Crippen LogP) is 1.86. The molecule has 0 amide bonds. The third kappa shape index (κ3) is 6.80. The van der Waals surface area contributed by atoms with Gasteiger partial charge in [0.15, 0.2) is 0 Å². The highest BCUT2D eigenvalue weighted by Crippen LogP contribution is 2.13. The van der Waals surface area contributed by atoms with Crippen molar-refractivity contribution in [1.82, 2.24) is 0 Å². The molecule has 0 aliphatic carbocycles. The van der Waals surface area contributed by atoms with E-state index in [4.69, 9.17) is 15.2 Å². The van der Waals surface area contributed by atoms with Crippen LogP contribution in [-0.2, 0) is 14.3 Å².